The van der Waals surface area contributed by atoms with Gasteiger partial charge in [-0.1, -0.05) is 62.4 Å². The van der Waals surface area contributed by atoms with Crippen LogP contribution in [0.4, 0.5) is 4.79 Å². The van der Waals surface area contributed by atoms with Crippen molar-refractivity contribution in [1.82, 2.24) is 10.2 Å². The lowest BCUT2D eigenvalue weighted by atomic mass is 9.95. The Balaban J connectivity index is 1.64. The van der Waals surface area contributed by atoms with Crippen molar-refractivity contribution in [3.05, 3.63) is 70.8 Å². The summed E-state index contributed by atoms with van der Waals surface area (Å²) in [6.07, 6.45) is 0.645. The van der Waals surface area contributed by atoms with Gasteiger partial charge < -0.3 is 15.0 Å². The molecule has 3 rings (SSSR count). The van der Waals surface area contributed by atoms with Gasteiger partial charge in [0.15, 0.2) is 0 Å². The Bertz CT molecular complexity index is 713. The molecule has 1 amide bonds. The fourth-order valence-corrected chi connectivity index (χ4v) is 3.10. The molecule has 0 atom stereocenters. The number of amides is 1. The van der Waals surface area contributed by atoms with Crippen LogP contribution in [-0.2, 0) is 30.9 Å². The van der Waals surface area contributed by atoms with Crippen LogP contribution in [0.1, 0.15) is 36.1 Å². The molecule has 4 nitrogen and oxygen atoms in total. The highest BCUT2D eigenvalue weighted by Crippen LogP contribution is 2.23. The molecule has 1 aliphatic heterocycles. The number of hydrogen-bond acceptors (Lipinski definition) is 3. The molecule has 1 heterocycles. The smallest absolute Gasteiger partial charge is 0.410 e. The van der Waals surface area contributed by atoms with Gasteiger partial charge in [-0.2, -0.15) is 0 Å². The summed E-state index contributed by atoms with van der Waals surface area (Å²) in [5.74, 6) is 0. The van der Waals surface area contributed by atoms with Gasteiger partial charge in [0.2, 0.25) is 0 Å². The summed E-state index contributed by atoms with van der Waals surface area (Å²) in [7, 11) is 0. The third-order valence-corrected chi connectivity index (χ3v) is 4.53. The largest absolute Gasteiger partial charge is 0.445 e. The van der Waals surface area contributed by atoms with Gasteiger partial charge in [0.1, 0.15) is 6.61 Å². The molecule has 132 valence electrons. The number of nitrogens with one attached hydrogen (secondary N) is 1. The second-order valence-electron chi connectivity index (χ2n) is 6.80. The van der Waals surface area contributed by atoms with Crippen molar-refractivity contribution in [2.75, 3.05) is 6.54 Å². The molecule has 0 spiro atoms. The number of fused-ring (bicyclic) bond motifs is 1. The number of carbonyl (C=O) groups excluding carboxylic acids is 1. The first-order valence-corrected chi connectivity index (χ1v) is 8.92. The van der Waals surface area contributed by atoms with Crippen LogP contribution in [0.2, 0.25) is 0 Å². The topological polar surface area (TPSA) is 41.6 Å². The number of ether oxygens (including phenoxy) is 1. The van der Waals surface area contributed by atoms with Gasteiger partial charge in [-0.05, 0) is 28.7 Å². The Morgan fingerprint density at radius 1 is 1.16 bits per heavy atom. The van der Waals surface area contributed by atoms with Crippen LogP contribution in [-0.4, -0.2) is 23.6 Å². The van der Waals surface area contributed by atoms with E-state index in [0.29, 0.717) is 25.7 Å². The SMILES string of the molecule is CC(C)NCc1cccc2c1CN(C(=O)OCc1ccccc1)CC2. The third kappa shape index (κ3) is 4.60. The Labute approximate surface area is 149 Å². The van der Waals surface area contributed by atoms with Crippen LogP contribution in [0.15, 0.2) is 48.5 Å². The molecule has 0 aromatic heterocycles. The first-order chi connectivity index (χ1) is 12.1. The summed E-state index contributed by atoms with van der Waals surface area (Å²) in [6, 6.07) is 16.7. The van der Waals surface area contributed by atoms with Crippen molar-refractivity contribution in [3.63, 3.8) is 0 Å². The molecule has 0 unspecified atom stereocenters. The number of carbonyl (C=O) groups is 1. The number of benzene rings is 2. The van der Waals surface area contributed by atoms with Gasteiger partial charge in [0.25, 0.3) is 0 Å². The van der Waals surface area contributed by atoms with Crippen molar-refractivity contribution in [2.45, 2.75) is 46.0 Å². The lowest BCUT2D eigenvalue weighted by molar-refractivity contribution is 0.0917. The van der Waals surface area contributed by atoms with Gasteiger partial charge in [0, 0.05) is 25.7 Å². The minimum atomic E-state index is -0.235. The van der Waals surface area contributed by atoms with Crippen molar-refractivity contribution in [2.24, 2.45) is 0 Å². The van der Waals surface area contributed by atoms with Crippen LogP contribution in [0.3, 0.4) is 0 Å². The van der Waals surface area contributed by atoms with E-state index in [-0.39, 0.29) is 6.09 Å². The molecule has 1 N–H and O–H groups in total. The summed E-state index contributed by atoms with van der Waals surface area (Å²) < 4.78 is 5.49. The second-order valence-corrected chi connectivity index (χ2v) is 6.80. The predicted octanol–water partition coefficient (Wildman–Crippen LogP) is 3.88. The number of hydrogen-bond donors (Lipinski definition) is 1. The second kappa shape index (κ2) is 8.17. The molecule has 25 heavy (non-hydrogen) atoms. The van der Waals surface area contributed by atoms with Gasteiger partial charge >= 0.3 is 6.09 Å². The van der Waals surface area contributed by atoms with Gasteiger partial charge in [-0.15, -0.1) is 0 Å². The van der Waals surface area contributed by atoms with Gasteiger partial charge in [0.05, 0.1) is 0 Å². The molecule has 0 bridgehead atoms. The molecule has 0 saturated carbocycles. The molecule has 0 saturated heterocycles. The van der Waals surface area contributed by atoms with E-state index in [1.165, 1.54) is 16.7 Å². The van der Waals surface area contributed by atoms with Crippen LogP contribution < -0.4 is 5.32 Å². The van der Waals surface area contributed by atoms with Crippen LogP contribution >= 0.6 is 0 Å². The van der Waals surface area contributed by atoms with E-state index in [1.54, 1.807) is 0 Å². The van der Waals surface area contributed by atoms with E-state index in [9.17, 15) is 4.79 Å². The zero-order valence-corrected chi connectivity index (χ0v) is 15.0. The molecule has 1 aliphatic rings. The Hall–Kier alpha value is -2.33. The number of rotatable bonds is 5. The minimum absolute atomic E-state index is 0.235. The van der Waals surface area contributed by atoms with Gasteiger partial charge in [-0.3, -0.25) is 0 Å². The van der Waals surface area contributed by atoms with E-state index in [4.69, 9.17) is 4.74 Å². The molecular weight excluding hydrogens is 312 g/mol. The monoisotopic (exact) mass is 338 g/mol. The van der Waals surface area contributed by atoms with Crippen molar-refractivity contribution in [1.29, 1.82) is 0 Å². The predicted molar refractivity (Wildman–Crippen MR) is 99.2 cm³/mol. The van der Waals surface area contributed by atoms with Crippen LogP contribution in [0, 0.1) is 0 Å². The zero-order chi connectivity index (χ0) is 17.6. The first kappa shape index (κ1) is 17.5. The summed E-state index contributed by atoms with van der Waals surface area (Å²) in [5, 5.41) is 3.47. The van der Waals surface area contributed by atoms with E-state index >= 15 is 0 Å². The quantitative estimate of drug-likeness (QED) is 0.899. The molecule has 2 aromatic carbocycles. The highest BCUT2D eigenvalue weighted by atomic mass is 16.6. The molecule has 0 fully saturated rings. The zero-order valence-electron chi connectivity index (χ0n) is 15.0. The van der Waals surface area contributed by atoms with Crippen LogP contribution in [0.25, 0.3) is 0 Å². The molecule has 2 aromatic rings. The number of nitrogens with zero attached hydrogens (tertiary/aromatic N) is 1. The maximum Gasteiger partial charge on any atom is 0.410 e. The summed E-state index contributed by atoms with van der Waals surface area (Å²) in [5.41, 5.74) is 4.88. The molecule has 0 radical (unpaired) electrons. The fraction of sp³-hybridized carbons (Fsp3) is 0.381. The Kier molecular flexibility index (Phi) is 5.71. The summed E-state index contributed by atoms with van der Waals surface area (Å²) >= 11 is 0. The van der Waals surface area contributed by atoms with Gasteiger partial charge in [-0.25, -0.2) is 4.79 Å². The highest BCUT2D eigenvalue weighted by molar-refractivity contribution is 5.68. The highest BCUT2D eigenvalue weighted by Gasteiger charge is 2.23. The van der Waals surface area contributed by atoms with Crippen LogP contribution in [0.5, 0.6) is 0 Å². The third-order valence-electron chi connectivity index (χ3n) is 4.53. The molecule has 0 aliphatic carbocycles. The minimum Gasteiger partial charge on any atom is -0.445 e. The van der Waals surface area contributed by atoms with E-state index in [0.717, 1.165) is 18.5 Å². The maximum absolute atomic E-state index is 12.4. The lowest BCUT2D eigenvalue weighted by Gasteiger charge is -2.30. The Morgan fingerprint density at radius 3 is 2.72 bits per heavy atom. The summed E-state index contributed by atoms with van der Waals surface area (Å²) in [6.45, 7) is 6.76. The fourth-order valence-electron chi connectivity index (χ4n) is 3.10. The van der Waals surface area contributed by atoms with Crippen molar-refractivity contribution in [3.8, 4) is 0 Å². The average Bonchev–Trinajstić information content (AvgIpc) is 2.64. The van der Waals surface area contributed by atoms with E-state index < -0.39 is 0 Å². The Morgan fingerprint density at radius 2 is 1.96 bits per heavy atom. The molecular formula is C21H26N2O2. The average molecular weight is 338 g/mol. The van der Waals surface area contributed by atoms with Crippen molar-refractivity contribution < 1.29 is 9.53 Å². The van der Waals surface area contributed by atoms with E-state index in [2.05, 4.69) is 37.4 Å². The lowest BCUT2D eigenvalue weighted by Crippen LogP contribution is -2.37. The van der Waals surface area contributed by atoms with Crippen molar-refractivity contribution >= 4 is 6.09 Å². The normalized spacial score (nSPS) is 13.6. The standard InChI is InChI=1S/C21H26N2O2/c1-16(2)22-13-19-10-6-9-18-11-12-23(14-20(18)19)21(24)25-15-17-7-4-3-5-8-17/h3-10,16,22H,11-15H2,1-2H3. The first-order valence-electron chi connectivity index (χ1n) is 8.92. The maximum atomic E-state index is 12.4. The molecule has 4 heteroatoms. The summed E-state index contributed by atoms with van der Waals surface area (Å²) in [4.78, 5) is 14.3. The van der Waals surface area contributed by atoms with E-state index in [1.807, 2.05) is 35.2 Å².